The molecule has 122 valence electrons. The normalized spacial score (nSPS) is 17.8. The Morgan fingerprint density at radius 1 is 1.27 bits per heavy atom. The molecule has 0 saturated heterocycles. The predicted octanol–water partition coefficient (Wildman–Crippen LogP) is 2.63. The number of aromatic nitrogens is 1. The molecular formula is C14H18F3N3O2. The maximum atomic E-state index is 12.5. The first kappa shape index (κ1) is 16.5. The number of pyridine rings is 1. The summed E-state index contributed by atoms with van der Waals surface area (Å²) in [5.74, 6) is -0.595. The highest BCUT2D eigenvalue weighted by Gasteiger charge is 2.33. The Labute approximate surface area is 125 Å². The fraction of sp³-hybridized carbons (Fsp3) is 0.571. The Morgan fingerprint density at radius 2 is 1.95 bits per heavy atom. The van der Waals surface area contributed by atoms with Gasteiger partial charge >= 0.3 is 6.18 Å². The zero-order valence-corrected chi connectivity index (χ0v) is 11.9. The molecule has 3 N–H and O–H groups in total. The van der Waals surface area contributed by atoms with Gasteiger partial charge in [0.2, 0.25) is 5.91 Å². The number of carbonyl (C=O) groups is 1. The van der Waals surface area contributed by atoms with Gasteiger partial charge in [0.25, 0.3) is 0 Å². The van der Waals surface area contributed by atoms with Gasteiger partial charge in [-0.15, -0.1) is 0 Å². The number of halogens is 3. The minimum atomic E-state index is -4.54. The molecule has 0 atom stereocenters. The number of anilines is 1. The van der Waals surface area contributed by atoms with E-state index in [-0.39, 0.29) is 12.2 Å². The van der Waals surface area contributed by atoms with Crippen molar-refractivity contribution < 1.29 is 23.1 Å². The van der Waals surface area contributed by atoms with E-state index >= 15 is 0 Å². The number of hydrazine groups is 1. The van der Waals surface area contributed by atoms with E-state index in [0.717, 1.165) is 25.3 Å². The maximum absolute atomic E-state index is 12.5. The number of amides is 1. The lowest BCUT2D eigenvalue weighted by atomic mass is 9.82. The molecule has 1 fully saturated rings. The number of hydrogen-bond acceptors (Lipinski definition) is 4. The minimum absolute atomic E-state index is 0.0844. The number of nitrogens with zero attached hydrogens (tertiary/aromatic N) is 1. The average Bonchev–Trinajstić information content (AvgIpc) is 2.45. The summed E-state index contributed by atoms with van der Waals surface area (Å²) in [6.45, 7) is 0. The monoisotopic (exact) mass is 317 g/mol. The van der Waals surface area contributed by atoms with Crippen LogP contribution in [0.15, 0.2) is 18.2 Å². The third-order valence-electron chi connectivity index (χ3n) is 3.64. The summed E-state index contributed by atoms with van der Waals surface area (Å²) < 4.78 is 37.5. The lowest BCUT2D eigenvalue weighted by Gasteiger charge is -2.31. The fourth-order valence-electron chi connectivity index (χ4n) is 2.53. The zero-order chi connectivity index (χ0) is 16.2. The zero-order valence-electron chi connectivity index (χ0n) is 11.9. The van der Waals surface area contributed by atoms with Crippen molar-refractivity contribution in [3.63, 3.8) is 0 Å². The Balaban J connectivity index is 1.88. The second-order valence-corrected chi connectivity index (χ2v) is 5.54. The minimum Gasteiger partial charge on any atom is -0.389 e. The van der Waals surface area contributed by atoms with Gasteiger partial charge in [-0.05, 0) is 25.0 Å². The van der Waals surface area contributed by atoms with E-state index in [1.54, 1.807) is 0 Å². The van der Waals surface area contributed by atoms with Crippen LogP contribution in [0.5, 0.6) is 0 Å². The van der Waals surface area contributed by atoms with Gasteiger partial charge < -0.3 is 5.11 Å². The van der Waals surface area contributed by atoms with Gasteiger partial charge in [0, 0.05) is 0 Å². The van der Waals surface area contributed by atoms with Crippen molar-refractivity contribution in [3.05, 3.63) is 23.9 Å². The number of alkyl halides is 3. The molecule has 1 aliphatic rings. The SMILES string of the molecule is O=C(CC1(O)CCCCC1)NNc1cccc(C(F)(F)F)n1. The number of rotatable bonds is 4. The first-order valence-corrected chi connectivity index (χ1v) is 7.10. The summed E-state index contributed by atoms with van der Waals surface area (Å²) in [5.41, 5.74) is 2.55. The Bertz CT molecular complexity index is 528. The quantitative estimate of drug-likeness (QED) is 0.746. The molecule has 0 aliphatic heterocycles. The van der Waals surface area contributed by atoms with Crippen LogP contribution in [0.25, 0.3) is 0 Å². The lowest BCUT2D eigenvalue weighted by molar-refractivity contribution is -0.141. The third-order valence-corrected chi connectivity index (χ3v) is 3.64. The van der Waals surface area contributed by atoms with E-state index in [1.165, 1.54) is 12.1 Å². The number of hydrogen-bond donors (Lipinski definition) is 3. The van der Waals surface area contributed by atoms with E-state index in [0.29, 0.717) is 12.8 Å². The summed E-state index contributed by atoms with van der Waals surface area (Å²) in [7, 11) is 0. The molecule has 0 radical (unpaired) electrons. The Morgan fingerprint density at radius 3 is 2.59 bits per heavy atom. The van der Waals surface area contributed by atoms with Gasteiger partial charge in [0.15, 0.2) is 0 Å². The van der Waals surface area contributed by atoms with Crippen molar-refractivity contribution in [2.45, 2.75) is 50.3 Å². The average molecular weight is 317 g/mol. The van der Waals surface area contributed by atoms with Gasteiger partial charge in [-0.2, -0.15) is 13.2 Å². The van der Waals surface area contributed by atoms with Gasteiger partial charge in [0.1, 0.15) is 11.5 Å². The number of carbonyl (C=O) groups excluding carboxylic acids is 1. The van der Waals surface area contributed by atoms with Gasteiger partial charge in [-0.1, -0.05) is 25.3 Å². The summed E-state index contributed by atoms with van der Waals surface area (Å²) in [6, 6.07) is 3.35. The number of nitrogens with one attached hydrogen (secondary N) is 2. The molecule has 1 saturated carbocycles. The highest BCUT2D eigenvalue weighted by Crippen LogP contribution is 2.31. The molecule has 0 aromatic carbocycles. The molecule has 22 heavy (non-hydrogen) atoms. The molecule has 1 aromatic rings. The van der Waals surface area contributed by atoms with Crippen LogP contribution in [-0.2, 0) is 11.0 Å². The van der Waals surface area contributed by atoms with Crippen LogP contribution in [0.2, 0.25) is 0 Å². The van der Waals surface area contributed by atoms with Crippen molar-refractivity contribution in [3.8, 4) is 0 Å². The van der Waals surface area contributed by atoms with E-state index in [1.807, 2.05) is 0 Å². The predicted molar refractivity (Wildman–Crippen MR) is 73.7 cm³/mol. The molecule has 1 heterocycles. The van der Waals surface area contributed by atoms with Crippen LogP contribution < -0.4 is 10.9 Å². The van der Waals surface area contributed by atoms with Crippen LogP contribution in [-0.4, -0.2) is 21.6 Å². The molecule has 1 aliphatic carbocycles. The van der Waals surface area contributed by atoms with Crippen LogP contribution >= 0.6 is 0 Å². The second kappa shape index (κ2) is 6.51. The molecular weight excluding hydrogens is 299 g/mol. The Hall–Kier alpha value is -1.83. The van der Waals surface area contributed by atoms with E-state index in [2.05, 4.69) is 15.8 Å². The van der Waals surface area contributed by atoms with Crippen molar-refractivity contribution >= 4 is 11.7 Å². The van der Waals surface area contributed by atoms with E-state index in [4.69, 9.17) is 0 Å². The lowest BCUT2D eigenvalue weighted by Crippen LogP contribution is -2.40. The highest BCUT2D eigenvalue weighted by atomic mass is 19.4. The summed E-state index contributed by atoms with van der Waals surface area (Å²) in [5, 5.41) is 10.2. The van der Waals surface area contributed by atoms with Crippen LogP contribution in [0, 0.1) is 0 Å². The topological polar surface area (TPSA) is 74.2 Å². The molecule has 1 aromatic heterocycles. The van der Waals surface area contributed by atoms with Gasteiger partial charge in [0.05, 0.1) is 12.0 Å². The highest BCUT2D eigenvalue weighted by molar-refractivity contribution is 5.78. The van der Waals surface area contributed by atoms with Crippen molar-refractivity contribution in [2.75, 3.05) is 5.43 Å². The molecule has 5 nitrogen and oxygen atoms in total. The molecule has 0 bridgehead atoms. The molecule has 0 spiro atoms. The third kappa shape index (κ3) is 4.59. The van der Waals surface area contributed by atoms with Crippen molar-refractivity contribution in [1.29, 1.82) is 0 Å². The van der Waals surface area contributed by atoms with E-state index in [9.17, 15) is 23.1 Å². The van der Waals surface area contributed by atoms with Gasteiger partial charge in [-0.25, -0.2) is 4.98 Å². The number of aliphatic hydroxyl groups is 1. The first-order valence-electron chi connectivity index (χ1n) is 7.10. The van der Waals surface area contributed by atoms with Crippen molar-refractivity contribution in [1.82, 2.24) is 10.4 Å². The Kier molecular flexibility index (Phi) is 4.90. The van der Waals surface area contributed by atoms with Crippen LogP contribution in [0.1, 0.15) is 44.2 Å². The fourth-order valence-corrected chi connectivity index (χ4v) is 2.53. The van der Waals surface area contributed by atoms with Crippen molar-refractivity contribution in [2.24, 2.45) is 0 Å². The largest absolute Gasteiger partial charge is 0.433 e. The summed E-state index contributed by atoms with van der Waals surface area (Å²) >= 11 is 0. The van der Waals surface area contributed by atoms with Gasteiger partial charge in [-0.3, -0.25) is 15.6 Å². The smallest absolute Gasteiger partial charge is 0.389 e. The molecule has 0 unspecified atom stereocenters. The molecule has 2 rings (SSSR count). The standard InChI is InChI=1S/C14H18F3N3O2/c15-14(16,17)10-5-4-6-11(18-10)19-20-12(21)9-13(22)7-2-1-3-8-13/h4-6,22H,1-3,7-9H2,(H,18,19)(H,20,21). The maximum Gasteiger partial charge on any atom is 0.433 e. The van der Waals surface area contributed by atoms with Crippen LogP contribution in [0.3, 0.4) is 0 Å². The summed E-state index contributed by atoms with van der Waals surface area (Å²) in [4.78, 5) is 15.2. The molecule has 8 heteroatoms. The first-order chi connectivity index (χ1) is 10.3. The molecule has 1 amide bonds. The second-order valence-electron chi connectivity index (χ2n) is 5.54. The summed E-state index contributed by atoms with van der Waals surface area (Å²) in [6.07, 6.45) is -0.739. The van der Waals surface area contributed by atoms with Crippen LogP contribution in [0.4, 0.5) is 19.0 Å². The van der Waals surface area contributed by atoms with E-state index < -0.39 is 23.4 Å².